The molecule has 1 aromatic heterocycles. The molecule has 1 aromatic carbocycles. The summed E-state index contributed by atoms with van der Waals surface area (Å²) in [6, 6.07) is 6.26. The van der Waals surface area contributed by atoms with Gasteiger partial charge in [0.25, 0.3) is 5.91 Å². The van der Waals surface area contributed by atoms with Gasteiger partial charge in [-0.1, -0.05) is 13.8 Å². The summed E-state index contributed by atoms with van der Waals surface area (Å²) in [5.74, 6) is -0.899. The van der Waals surface area contributed by atoms with Gasteiger partial charge in [0, 0.05) is 18.8 Å². The lowest BCUT2D eigenvalue weighted by molar-refractivity contribution is 0.0995. The summed E-state index contributed by atoms with van der Waals surface area (Å²) in [6.07, 6.45) is 1.63. The molecule has 0 aliphatic heterocycles. The number of halogens is 1. The van der Waals surface area contributed by atoms with Crippen LogP contribution in [0, 0.1) is 5.82 Å². The van der Waals surface area contributed by atoms with Crippen LogP contribution in [0.1, 0.15) is 29.9 Å². The standard InChI is InChI=1S/C14H17FN4O/c1-9(2)17-8-10-7-11(15)3-4-13(10)19-6-5-12(18-19)14(16)20/h3-7,9,17H,8H2,1-2H3,(H2,16,20). The Morgan fingerprint density at radius 3 is 2.80 bits per heavy atom. The minimum Gasteiger partial charge on any atom is -0.364 e. The van der Waals surface area contributed by atoms with Crippen molar-refractivity contribution in [1.29, 1.82) is 0 Å². The quantitative estimate of drug-likeness (QED) is 0.871. The Bertz CT molecular complexity index is 621. The summed E-state index contributed by atoms with van der Waals surface area (Å²) in [6.45, 7) is 4.53. The van der Waals surface area contributed by atoms with Crippen LogP contribution in [-0.2, 0) is 6.54 Å². The van der Waals surface area contributed by atoms with E-state index >= 15 is 0 Å². The molecule has 1 amide bonds. The van der Waals surface area contributed by atoms with Crippen LogP contribution in [0.2, 0.25) is 0 Å². The Morgan fingerprint density at radius 1 is 1.45 bits per heavy atom. The lowest BCUT2D eigenvalue weighted by Crippen LogP contribution is -2.23. The van der Waals surface area contributed by atoms with Gasteiger partial charge in [-0.2, -0.15) is 5.10 Å². The Labute approximate surface area is 116 Å². The Morgan fingerprint density at radius 2 is 2.20 bits per heavy atom. The van der Waals surface area contributed by atoms with Gasteiger partial charge in [0.1, 0.15) is 11.5 Å². The van der Waals surface area contributed by atoms with E-state index in [-0.39, 0.29) is 17.6 Å². The minimum absolute atomic E-state index is 0.178. The fraction of sp³-hybridized carbons (Fsp3) is 0.286. The van der Waals surface area contributed by atoms with E-state index in [1.165, 1.54) is 22.9 Å². The fourth-order valence-electron chi connectivity index (χ4n) is 1.82. The normalized spacial score (nSPS) is 11.0. The van der Waals surface area contributed by atoms with Crippen LogP contribution in [-0.4, -0.2) is 21.7 Å². The van der Waals surface area contributed by atoms with E-state index in [4.69, 9.17) is 5.73 Å². The van der Waals surface area contributed by atoms with Gasteiger partial charge in [0.15, 0.2) is 0 Å². The molecule has 2 aromatic rings. The lowest BCUT2D eigenvalue weighted by Gasteiger charge is -2.12. The Hall–Kier alpha value is -2.21. The highest BCUT2D eigenvalue weighted by Crippen LogP contribution is 2.16. The number of amides is 1. The van der Waals surface area contributed by atoms with E-state index in [1.54, 1.807) is 12.3 Å². The van der Waals surface area contributed by atoms with E-state index in [1.807, 2.05) is 13.8 Å². The van der Waals surface area contributed by atoms with Crippen LogP contribution in [0.25, 0.3) is 5.69 Å². The molecule has 1 heterocycles. The van der Waals surface area contributed by atoms with Crippen molar-refractivity contribution in [2.24, 2.45) is 5.73 Å². The molecular weight excluding hydrogens is 259 g/mol. The highest BCUT2D eigenvalue weighted by atomic mass is 19.1. The summed E-state index contributed by atoms with van der Waals surface area (Å²) in [4.78, 5) is 11.1. The summed E-state index contributed by atoms with van der Waals surface area (Å²) in [5.41, 5.74) is 6.83. The van der Waals surface area contributed by atoms with Gasteiger partial charge >= 0.3 is 0 Å². The first kappa shape index (κ1) is 14.2. The third-order valence-corrected chi connectivity index (χ3v) is 2.83. The second-order valence-corrected chi connectivity index (χ2v) is 4.82. The number of primary amides is 1. The first-order valence-corrected chi connectivity index (χ1v) is 6.35. The molecule has 0 radical (unpaired) electrons. The van der Waals surface area contributed by atoms with Gasteiger partial charge in [-0.3, -0.25) is 4.79 Å². The van der Waals surface area contributed by atoms with Crippen molar-refractivity contribution in [1.82, 2.24) is 15.1 Å². The highest BCUT2D eigenvalue weighted by molar-refractivity contribution is 5.90. The predicted octanol–water partition coefficient (Wildman–Crippen LogP) is 1.61. The average Bonchev–Trinajstić information content (AvgIpc) is 2.86. The van der Waals surface area contributed by atoms with E-state index in [0.29, 0.717) is 12.2 Å². The van der Waals surface area contributed by atoms with E-state index in [9.17, 15) is 9.18 Å². The number of hydrogen-bond acceptors (Lipinski definition) is 3. The summed E-state index contributed by atoms with van der Waals surface area (Å²) in [5, 5.41) is 7.32. The first-order valence-electron chi connectivity index (χ1n) is 6.35. The van der Waals surface area contributed by atoms with Crippen LogP contribution >= 0.6 is 0 Å². The number of rotatable bonds is 5. The molecule has 5 nitrogen and oxygen atoms in total. The molecule has 0 saturated carbocycles. The molecule has 0 saturated heterocycles. The Kier molecular flexibility index (Phi) is 4.14. The predicted molar refractivity (Wildman–Crippen MR) is 74.0 cm³/mol. The number of nitrogens with zero attached hydrogens (tertiary/aromatic N) is 2. The second kappa shape index (κ2) is 5.83. The molecule has 0 atom stereocenters. The van der Waals surface area contributed by atoms with Crippen molar-refractivity contribution < 1.29 is 9.18 Å². The molecule has 6 heteroatoms. The number of aromatic nitrogens is 2. The van der Waals surface area contributed by atoms with Crippen molar-refractivity contribution in [2.45, 2.75) is 26.4 Å². The summed E-state index contributed by atoms with van der Waals surface area (Å²) < 4.78 is 14.9. The maximum Gasteiger partial charge on any atom is 0.269 e. The number of carbonyl (C=O) groups is 1. The van der Waals surface area contributed by atoms with Crippen LogP contribution in [0.4, 0.5) is 4.39 Å². The fourth-order valence-corrected chi connectivity index (χ4v) is 1.82. The molecule has 0 fully saturated rings. The van der Waals surface area contributed by atoms with Gasteiger partial charge in [0.2, 0.25) is 0 Å². The SMILES string of the molecule is CC(C)NCc1cc(F)ccc1-n1ccc(C(N)=O)n1. The molecule has 3 N–H and O–H groups in total. The van der Waals surface area contributed by atoms with Gasteiger partial charge in [-0.05, 0) is 29.8 Å². The number of hydrogen-bond donors (Lipinski definition) is 2. The Balaban J connectivity index is 2.36. The molecule has 106 valence electrons. The molecule has 0 aliphatic carbocycles. The van der Waals surface area contributed by atoms with Crippen LogP contribution in [0.5, 0.6) is 0 Å². The zero-order valence-corrected chi connectivity index (χ0v) is 11.4. The van der Waals surface area contributed by atoms with Crippen molar-refractivity contribution in [3.8, 4) is 5.69 Å². The molecule has 0 spiro atoms. The lowest BCUT2D eigenvalue weighted by atomic mass is 10.1. The largest absolute Gasteiger partial charge is 0.364 e. The zero-order chi connectivity index (χ0) is 14.7. The third-order valence-electron chi connectivity index (χ3n) is 2.83. The molecule has 2 rings (SSSR count). The average molecular weight is 276 g/mol. The van der Waals surface area contributed by atoms with Crippen molar-refractivity contribution in [3.63, 3.8) is 0 Å². The first-order chi connectivity index (χ1) is 9.47. The second-order valence-electron chi connectivity index (χ2n) is 4.82. The van der Waals surface area contributed by atoms with Gasteiger partial charge in [0.05, 0.1) is 5.69 Å². The maximum atomic E-state index is 13.4. The number of nitrogens with two attached hydrogens (primary N) is 1. The van der Waals surface area contributed by atoms with Crippen molar-refractivity contribution >= 4 is 5.91 Å². The molecular formula is C14H17FN4O. The summed E-state index contributed by atoms with van der Waals surface area (Å²) in [7, 11) is 0. The van der Waals surface area contributed by atoms with E-state index in [0.717, 1.165) is 5.56 Å². The van der Waals surface area contributed by atoms with Gasteiger partial charge in [-0.15, -0.1) is 0 Å². The number of nitrogens with one attached hydrogen (secondary N) is 1. The number of carbonyl (C=O) groups excluding carboxylic acids is 1. The maximum absolute atomic E-state index is 13.4. The van der Waals surface area contributed by atoms with Crippen LogP contribution < -0.4 is 11.1 Å². The monoisotopic (exact) mass is 276 g/mol. The van der Waals surface area contributed by atoms with Crippen LogP contribution in [0.3, 0.4) is 0 Å². The van der Waals surface area contributed by atoms with Crippen molar-refractivity contribution in [2.75, 3.05) is 0 Å². The molecule has 0 bridgehead atoms. The summed E-state index contributed by atoms with van der Waals surface area (Å²) >= 11 is 0. The van der Waals surface area contributed by atoms with Crippen LogP contribution in [0.15, 0.2) is 30.5 Å². The highest BCUT2D eigenvalue weighted by Gasteiger charge is 2.10. The van der Waals surface area contributed by atoms with Gasteiger partial charge < -0.3 is 11.1 Å². The smallest absolute Gasteiger partial charge is 0.269 e. The minimum atomic E-state index is -0.590. The molecule has 0 aliphatic rings. The van der Waals surface area contributed by atoms with Gasteiger partial charge in [-0.25, -0.2) is 9.07 Å². The van der Waals surface area contributed by atoms with E-state index in [2.05, 4.69) is 10.4 Å². The number of benzene rings is 1. The molecule has 20 heavy (non-hydrogen) atoms. The third kappa shape index (κ3) is 3.21. The topological polar surface area (TPSA) is 72.9 Å². The van der Waals surface area contributed by atoms with Crippen molar-refractivity contribution in [3.05, 3.63) is 47.5 Å². The van der Waals surface area contributed by atoms with E-state index < -0.39 is 5.91 Å². The zero-order valence-electron chi connectivity index (χ0n) is 11.4. The molecule has 0 unspecified atom stereocenters.